The van der Waals surface area contributed by atoms with Crippen molar-refractivity contribution < 1.29 is 13.9 Å². The summed E-state index contributed by atoms with van der Waals surface area (Å²) in [6.07, 6.45) is 2.02. The number of allylic oxidation sites excluding steroid dienone is 1. The number of aliphatic hydroxyl groups excluding tert-OH is 1. The SMILES string of the molecule is C/C=C/C(O)c1ccc(F)cc1F. The number of rotatable bonds is 2. The Kier molecular flexibility index (Phi) is 3.14. The summed E-state index contributed by atoms with van der Waals surface area (Å²) >= 11 is 0. The summed E-state index contributed by atoms with van der Waals surface area (Å²) < 4.78 is 25.4. The maximum absolute atomic E-state index is 13.0. The van der Waals surface area contributed by atoms with Gasteiger partial charge >= 0.3 is 0 Å². The van der Waals surface area contributed by atoms with E-state index >= 15 is 0 Å². The van der Waals surface area contributed by atoms with Crippen LogP contribution in [0.1, 0.15) is 18.6 Å². The number of halogens is 2. The molecule has 1 unspecified atom stereocenters. The van der Waals surface area contributed by atoms with Crippen LogP contribution in [-0.2, 0) is 0 Å². The van der Waals surface area contributed by atoms with E-state index in [1.54, 1.807) is 13.0 Å². The zero-order valence-electron chi connectivity index (χ0n) is 7.17. The highest BCUT2D eigenvalue weighted by Crippen LogP contribution is 2.18. The maximum Gasteiger partial charge on any atom is 0.132 e. The summed E-state index contributed by atoms with van der Waals surface area (Å²) in [5, 5.41) is 9.34. The average Bonchev–Trinajstić information content (AvgIpc) is 2.04. The van der Waals surface area contributed by atoms with Crippen LogP contribution in [0, 0.1) is 11.6 Å². The van der Waals surface area contributed by atoms with Gasteiger partial charge in [-0.25, -0.2) is 8.78 Å². The van der Waals surface area contributed by atoms with Gasteiger partial charge in [0.15, 0.2) is 0 Å². The zero-order chi connectivity index (χ0) is 9.84. The van der Waals surface area contributed by atoms with Crippen LogP contribution in [-0.4, -0.2) is 5.11 Å². The van der Waals surface area contributed by atoms with Gasteiger partial charge in [0.2, 0.25) is 0 Å². The molecule has 0 aromatic heterocycles. The van der Waals surface area contributed by atoms with Crippen LogP contribution >= 0.6 is 0 Å². The van der Waals surface area contributed by atoms with Gasteiger partial charge in [-0.15, -0.1) is 0 Å². The molecule has 1 atom stereocenters. The molecule has 0 aliphatic heterocycles. The third-order valence-corrected chi connectivity index (χ3v) is 1.66. The second-order valence-electron chi connectivity index (χ2n) is 2.64. The maximum atomic E-state index is 13.0. The van der Waals surface area contributed by atoms with Crippen LogP contribution in [0.5, 0.6) is 0 Å². The highest BCUT2D eigenvalue weighted by atomic mass is 19.1. The number of hydrogen-bond donors (Lipinski definition) is 1. The summed E-state index contributed by atoms with van der Waals surface area (Å²) in [6, 6.07) is 3.10. The van der Waals surface area contributed by atoms with Crippen molar-refractivity contribution in [3.8, 4) is 0 Å². The molecule has 0 spiro atoms. The molecule has 13 heavy (non-hydrogen) atoms. The lowest BCUT2D eigenvalue weighted by atomic mass is 10.1. The Hall–Kier alpha value is -1.22. The van der Waals surface area contributed by atoms with E-state index in [1.165, 1.54) is 12.1 Å². The predicted molar refractivity (Wildman–Crippen MR) is 46.1 cm³/mol. The molecule has 0 aliphatic rings. The molecule has 0 amide bonds. The number of aliphatic hydroxyl groups is 1. The van der Waals surface area contributed by atoms with E-state index in [0.717, 1.165) is 12.1 Å². The van der Waals surface area contributed by atoms with Crippen LogP contribution < -0.4 is 0 Å². The van der Waals surface area contributed by atoms with Crippen molar-refractivity contribution in [2.24, 2.45) is 0 Å². The first kappa shape index (κ1) is 9.86. The first-order chi connectivity index (χ1) is 6.15. The molecule has 70 valence electrons. The molecule has 1 N–H and O–H groups in total. The lowest BCUT2D eigenvalue weighted by molar-refractivity contribution is 0.223. The van der Waals surface area contributed by atoms with Crippen LogP contribution in [0.15, 0.2) is 30.4 Å². The van der Waals surface area contributed by atoms with Crippen molar-refractivity contribution in [1.82, 2.24) is 0 Å². The Balaban J connectivity index is 3.01. The molecule has 1 nitrogen and oxygen atoms in total. The zero-order valence-corrected chi connectivity index (χ0v) is 7.17. The quantitative estimate of drug-likeness (QED) is 0.700. The van der Waals surface area contributed by atoms with Gasteiger partial charge in [-0.1, -0.05) is 18.2 Å². The molecule has 0 radical (unpaired) electrons. The first-order valence-corrected chi connectivity index (χ1v) is 3.91. The fourth-order valence-electron chi connectivity index (χ4n) is 1.03. The second kappa shape index (κ2) is 4.14. The molecule has 0 fully saturated rings. The van der Waals surface area contributed by atoms with Gasteiger partial charge in [0, 0.05) is 11.6 Å². The minimum Gasteiger partial charge on any atom is -0.384 e. The average molecular weight is 184 g/mol. The van der Waals surface area contributed by atoms with Crippen LogP contribution in [0.3, 0.4) is 0 Å². The Morgan fingerprint density at radius 1 is 1.38 bits per heavy atom. The van der Waals surface area contributed by atoms with E-state index in [1.807, 2.05) is 0 Å². The van der Waals surface area contributed by atoms with Crippen molar-refractivity contribution in [2.75, 3.05) is 0 Å². The van der Waals surface area contributed by atoms with E-state index in [0.29, 0.717) is 0 Å². The largest absolute Gasteiger partial charge is 0.384 e. The van der Waals surface area contributed by atoms with Gasteiger partial charge in [-0.2, -0.15) is 0 Å². The minimum absolute atomic E-state index is 0.0829. The smallest absolute Gasteiger partial charge is 0.132 e. The van der Waals surface area contributed by atoms with E-state index in [9.17, 15) is 13.9 Å². The van der Waals surface area contributed by atoms with E-state index in [4.69, 9.17) is 0 Å². The van der Waals surface area contributed by atoms with Crippen molar-refractivity contribution in [3.05, 3.63) is 47.5 Å². The Bertz CT molecular complexity index is 321. The molecule has 1 aromatic carbocycles. The first-order valence-electron chi connectivity index (χ1n) is 3.91. The van der Waals surface area contributed by atoms with Crippen molar-refractivity contribution >= 4 is 0 Å². The summed E-state index contributed by atoms with van der Waals surface area (Å²) in [5.41, 5.74) is 0.0829. The molecule has 0 bridgehead atoms. The molecule has 1 aromatic rings. The lowest BCUT2D eigenvalue weighted by Gasteiger charge is -2.06. The van der Waals surface area contributed by atoms with Crippen molar-refractivity contribution in [2.45, 2.75) is 13.0 Å². The molecule has 1 rings (SSSR count). The summed E-state index contributed by atoms with van der Waals surface area (Å²) in [4.78, 5) is 0. The van der Waals surface area contributed by atoms with Crippen molar-refractivity contribution in [1.29, 1.82) is 0 Å². The third kappa shape index (κ3) is 2.36. The lowest BCUT2D eigenvalue weighted by Crippen LogP contribution is -1.97. The summed E-state index contributed by atoms with van der Waals surface area (Å²) in [5.74, 6) is -1.38. The fourth-order valence-corrected chi connectivity index (χ4v) is 1.03. The predicted octanol–water partition coefficient (Wildman–Crippen LogP) is 2.57. The molecule has 3 heteroatoms. The third-order valence-electron chi connectivity index (χ3n) is 1.66. The Morgan fingerprint density at radius 2 is 2.08 bits per heavy atom. The summed E-state index contributed by atoms with van der Waals surface area (Å²) in [7, 11) is 0. The van der Waals surface area contributed by atoms with Gasteiger partial charge in [-0.05, 0) is 13.0 Å². The van der Waals surface area contributed by atoms with E-state index < -0.39 is 17.7 Å². The van der Waals surface area contributed by atoms with Crippen LogP contribution in [0.2, 0.25) is 0 Å². The van der Waals surface area contributed by atoms with E-state index in [-0.39, 0.29) is 5.56 Å². The molecular weight excluding hydrogens is 174 g/mol. The normalized spacial score (nSPS) is 13.5. The van der Waals surface area contributed by atoms with E-state index in [2.05, 4.69) is 0 Å². The minimum atomic E-state index is -1.01. The van der Waals surface area contributed by atoms with Gasteiger partial charge in [0.05, 0.1) is 6.10 Å². The number of hydrogen-bond acceptors (Lipinski definition) is 1. The van der Waals surface area contributed by atoms with Crippen LogP contribution in [0.25, 0.3) is 0 Å². The highest BCUT2D eigenvalue weighted by Gasteiger charge is 2.09. The highest BCUT2D eigenvalue weighted by molar-refractivity contribution is 5.23. The fraction of sp³-hybridized carbons (Fsp3) is 0.200. The molecule has 0 saturated heterocycles. The van der Waals surface area contributed by atoms with Gasteiger partial charge in [0.25, 0.3) is 0 Å². The molecule has 0 aliphatic carbocycles. The Labute approximate surface area is 75.3 Å². The summed E-state index contributed by atoms with van der Waals surface area (Å²) in [6.45, 7) is 1.71. The molecule has 0 saturated carbocycles. The Morgan fingerprint density at radius 3 is 2.62 bits per heavy atom. The monoisotopic (exact) mass is 184 g/mol. The topological polar surface area (TPSA) is 20.2 Å². The van der Waals surface area contributed by atoms with Gasteiger partial charge in [0.1, 0.15) is 11.6 Å². The molecular formula is C10H10F2O. The second-order valence-corrected chi connectivity index (χ2v) is 2.64. The standard InChI is InChI=1S/C10H10F2O/c1-2-3-10(13)8-5-4-7(11)6-9(8)12/h2-6,10,13H,1H3/b3-2+. The van der Waals surface area contributed by atoms with Gasteiger partial charge in [-0.3, -0.25) is 0 Å². The van der Waals surface area contributed by atoms with Crippen molar-refractivity contribution in [3.63, 3.8) is 0 Å². The molecule has 0 heterocycles. The van der Waals surface area contributed by atoms with Crippen LogP contribution in [0.4, 0.5) is 8.78 Å². The van der Waals surface area contributed by atoms with Gasteiger partial charge < -0.3 is 5.11 Å². The number of benzene rings is 1.